The maximum atomic E-state index is 12.2. The zero-order valence-corrected chi connectivity index (χ0v) is 9.98. The number of anilines is 1. The van der Waals surface area contributed by atoms with Gasteiger partial charge in [-0.15, -0.1) is 0 Å². The normalized spacial score (nSPS) is 12.5. The molecule has 5 heteroatoms. The van der Waals surface area contributed by atoms with E-state index in [0.29, 0.717) is 0 Å². The summed E-state index contributed by atoms with van der Waals surface area (Å²) in [6.07, 6.45) is -4.24. The van der Waals surface area contributed by atoms with Crippen molar-refractivity contribution in [2.24, 2.45) is 0 Å². The minimum absolute atomic E-state index is 0.601. The van der Waals surface area contributed by atoms with Crippen LogP contribution in [0.4, 0.5) is 18.9 Å². The molecule has 0 atom stereocenters. The van der Waals surface area contributed by atoms with Gasteiger partial charge in [0.25, 0.3) is 0 Å². The molecule has 80 valence electrons. The Balaban J connectivity index is 2.79. The number of hydrogen-bond donors (Lipinski definition) is 1. The van der Waals surface area contributed by atoms with Crippen molar-refractivity contribution < 1.29 is 13.2 Å². The van der Waals surface area contributed by atoms with Crippen molar-refractivity contribution in [2.75, 3.05) is 13.4 Å². The summed E-state index contributed by atoms with van der Waals surface area (Å²) < 4.78 is 39.7. The average molecular weight is 317 g/mol. The molecule has 0 aliphatic carbocycles. The fourth-order valence-corrected chi connectivity index (χ4v) is 2.55. The second kappa shape index (κ2) is 4.37. The summed E-state index contributed by atoms with van der Waals surface area (Å²) in [4.78, 5) is 4.17. The first-order valence-corrected chi connectivity index (χ1v) is 9.23. The van der Waals surface area contributed by atoms with Gasteiger partial charge in [-0.25, -0.2) is 0 Å². The molecule has 0 amide bonds. The molecule has 1 N–H and O–H groups in total. The van der Waals surface area contributed by atoms with Crippen molar-refractivity contribution in [3.05, 3.63) is 29.8 Å². The van der Waals surface area contributed by atoms with Crippen LogP contribution >= 0.6 is 20.1 Å². The third-order valence-corrected chi connectivity index (χ3v) is 3.21. The Hall–Kier alpha value is -0.460. The predicted molar refractivity (Wildman–Crippen MR) is 60.9 cm³/mol. The van der Waals surface area contributed by atoms with Gasteiger partial charge in [-0.1, -0.05) is 0 Å². The molecule has 0 radical (unpaired) electrons. The van der Waals surface area contributed by atoms with Crippen LogP contribution in [0.25, 0.3) is 0 Å². The summed E-state index contributed by atoms with van der Waals surface area (Å²) >= 11 is -1.14. The van der Waals surface area contributed by atoms with Gasteiger partial charge in [-0.05, 0) is 0 Å². The molecule has 0 aliphatic heterocycles. The molecule has 1 aromatic carbocycles. The molecule has 0 heterocycles. The molecule has 0 saturated carbocycles. The van der Waals surface area contributed by atoms with E-state index in [2.05, 4.69) is 13.4 Å². The van der Waals surface area contributed by atoms with Gasteiger partial charge < -0.3 is 0 Å². The second-order valence-corrected chi connectivity index (χ2v) is 7.78. The zero-order chi connectivity index (χ0) is 10.8. The Labute approximate surface area is 88.4 Å². The van der Waals surface area contributed by atoms with E-state index in [1.807, 2.05) is 0 Å². The minimum atomic E-state index is -4.24. The summed E-state index contributed by atoms with van der Waals surface area (Å²) in [6.45, 7) is 0. The Bertz CT molecular complexity index is 292. The number of benzene rings is 1. The van der Waals surface area contributed by atoms with Crippen LogP contribution in [-0.2, 0) is 6.18 Å². The number of hydrogen-bond acceptors (Lipinski definition) is 1. The first-order valence-electron chi connectivity index (χ1n) is 3.83. The molecule has 14 heavy (non-hydrogen) atoms. The van der Waals surface area contributed by atoms with Gasteiger partial charge in [0.15, 0.2) is 0 Å². The number of nitrogens with one attached hydrogen (secondary N) is 1. The molecule has 0 bridgehead atoms. The van der Waals surface area contributed by atoms with Crippen LogP contribution in [0, 0.1) is 0 Å². The van der Waals surface area contributed by atoms with Crippen molar-refractivity contribution in [1.82, 2.24) is 0 Å². The zero-order valence-electron chi connectivity index (χ0n) is 7.82. The predicted octanol–water partition coefficient (Wildman–Crippen LogP) is 3.80. The number of alkyl halides is 5. The summed E-state index contributed by atoms with van der Waals surface area (Å²) in [5, 5.41) is 0. The third kappa shape index (κ3) is 3.36. The van der Waals surface area contributed by atoms with E-state index in [1.165, 1.54) is 12.1 Å². The third-order valence-electron chi connectivity index (χ3n) is 1.51. The SMILES string of the molecule is CI(C)Nc1ccc(C(F)(F)F)cc1. The van der Waals surface area contributed by atoms with Crippen molar-refractivity contribution in [3.63, 3.8) is 0 Å². The monoisotopic (exact) mass is 317 g/mol. The Kier molecular flexibility index (Phi) is 3.63. The van der Waals surface area contributed by atoms with Crippen LogP contribution in [-0.4, -0.2) is 9.86 Å². The van der Waals surface area contributed by atoms with E-state index in [1.54, 1.807) is 0 Å². The van der Waals surface area contributed by atoms with Crippen molar-refractivity contribution in [1.29, 1.82) is 0 Å². The van der Waals surface area contributed by atoms with E-state index in [9.17, 15) is 13.2 Å². The van der Waals surface area contributed by atoms with Gasteiger partial charge in [0, 0.05) is 0 Å². The molecule has 1 nitrogen and oxygen atoms in total. The molecule has 0 saturated heterocycles. The van der Waals surface area contributed by atoms with Crippen LogP contribution < -0.4 is 3.53 Å². The van der Waals surface area contributed by atoms with Crippen molar-refractivity contribution >= 4 is 25.8 Å². The van der Waals surface area contributed by atoms with Gasteiger partial charge in [-0.2, -0.15) is 0 Å². The summed E-state index contributed by atoms with van der Waals surface area (Å²) in [5.74, 6) is 0. The Morgan fingerprint density at radius 2 is 1.57 bits per heavy atom. The molecule has 0 unspecified atom stereocenters. The molecule has 0 aromatic heterocycles. The molecule has 1 aromatic rings. The molecule has 0 aliphatic rings. The first-order chi connectivity index (χ1) is 6.39. The van der Waals surface area contributed by atoms with Gasteiger partial charge in [0.2, 0.25) is 0 Å². The Morgan fingerprint density at radius 1 is 1.07 bits per heavy atom. The summed E-state index contributed by atoms with van der Waals surface area (Å²) in [6, 6.07) is 5.14. The van der Waals surface area contributed by atoms with E-state index in [-0.39, 0.29) is 0 Å². The standard InChI is InChI=1S/C9H11F3IN/c1-13(2)14-8-5-3-7(4-6-8)9(10,11)12/h3-6,14H,1-2H3. The number of halogens is 4. The molecule has 0 spiro atoms. The van der Waals surface area contributed by atoms with Crippen LogP contribution in [0.1, 0.15) is 5.56 Å². The maximum absolute atomic E-state index is 12.2. The van der Waals surface area contributed by atoms with E-state index in [0.717, 1.165) is 17.8 Å². The van der Waals surface area contributed by atoms with Crippen LogP contribution in [0.2, 0.25) is 0 Å². The van der Waals surface area contributed by atoms with Crippen molar-refractivity contribution in [2.45, 2.75) is 6.18 Å². The molecular formula is C9H11F3IN. The van der Waals surface area contributed by atoms with Crippen molar-refractivity contribution in [3.8, 4) is 0 Å². The first kappa shape index (κ1) is 11.6. The van der Waals surface area contributed by atoms with Gasteiger partial charge >= 0.3 is 88.3 Å². The van der Waals surface area contributed by atoms with Gasteiger partial charge in [0.05, 0.1) is 0 Å². The topological polar surface area (TPSA) is 12.0 Å². The molecule has 1 rings (SSSR count). The van der Waals surface area contributed by atoms with Gasteiger partial charge in [0.1, 0.15) is 0 Å². The fraction of sp³-hybridized carbons (Fsp3) is 0.333. The second-order valence-electron chi connectivity index (χ2n) is 2.93. The van der Waals surface area contributed by atoms with Crippen LogP contribution in [0.5, 0.6) is 0 Å². The molecule has 0 fully saturated rings. The number of rotatable bonds is 2. The van der Waals surface area contributed by atoms with E-state index >= 15 is 0 Å². The van der Waals surface area contributed by atoms with E-state index in [4.69, 9.17) is 0 Å². The van der Waals surface area contributed by atoms with Crippen LogP contribution in [0.15, 0.2) is 24.3 Å². The fourth-order valence-electron chi connectivity index (χ4n) is 0.940. The quantitative estimate of drug-likeness (QED) is 0.497. The Morgan fingerprint density at radius 3 is 1.93 bits per heavy atom. The average Bonchev–Trinajstić information content (AvgIpc) is 2.02. The summed E-state index contributed by atoms with van der Waals surface area (Å²) in [7, 11) is 0. The van der Waals surface area contributed by atoms with Gasteiger partial charge in [-0.3, -0.25) is 0 Å². The summed E-state index contributed by atoms with van der Waals surface area (Å²) in [5.41, 5.74) is 0.170. The molecular weight excluding hydrogens is 306 g/mol. The van der Waals surface area contributed by atoms with Crippen LogP contribution in [0.3, 0.4) is 0 Å². The van der Waals surface area contributed by atoms with E-state index < -0.39 is 31.8 Å².